The number of pyridine rings is 1. The van der Waals surface area contributed by atoms with Crippen LogP contribution in [0.5, 0.6) is 5.88 Å². The van der Waals surface area contributed by atoms with E-state index < -0.39 is 17.3 Å². The van der Waals surface area contributed by atoms with Gasteiger partial charge in [0, 0.05) is 18.2 Å². The molecule has 94 valence electrons. The first-order valence-corrected chi connectivity index (χ1v) is 5.26. The van der Waals surface area contributed by atoms with Gasteiger partial charge in [0.2, 0.25) is 0 Å². The van der Waals surface area contributed by atoms with Gasteiger partial charge in [-0.05, 0) is 19.8 Å². The van der Waals surface area contributed by atoms with E-state index in [0.717, 1.165) is 4.57 Å². The molecule has 0 saturated heterocycles. The highest BCUT2D eigenvalue weighted by molar-refractivity contribution is 5.43. The fraction of sp³-hybridized carbons (Fsp3) is 0.545. The van der Waals surface area contributed by atoms with Crippen molar-refractivity contribution < 1.29 is 17.9 Å². The van der Waals surface area contributed by atoms with Gasteiger partial charge in [-0.2, -0.15) is 13.2 Å². The lowest BCUT2D eigenvalue weighted by Crippen LogP contribution is -2.30. The average molecular weight is 247 g/mol. The van der Waals surface area contributed by atoms with Crippen LogP contribution in [-0.2, 0) is 19.6 Å². The van der Waals surface area contributed by atoms with Crippen LogP contribution < -0.4 is 10.3 Å². The van der Waals surface area contributed by atoms with Crippen LogP contribution >= 0.6 is 0 Å². The molecule has 0 N–H and O–H groups in total. The average Bonchev–Trinajstić information content (AvgIpc) is 2.24. The molecular weight excluding hydrogens is 235 g/mol. The van der Waals surface area contributed by atoms with Gasteiger partial charge < -0.3 is 4.74 Å². The van der Waals surface area contributed by atoms with Crippen LogP contribution in [-0.4, -0.2) is 11.2 Å². The van der Waals surface area contributed by atoms with Crippen molar-refractivity contribution in [3.63, 3.8) is 0 Å². The van der Waals surface area contributed by atoms with Crippen LogP contribution in [0.4, 0.5) is 13.2 Å². The van der Waals surface area contributed by atoms with E-state index in [1.807, 2.05) is 0 Å². The highest BCUT2D eigenvalue weighted by Gasteiger charge is 2.39. The molecule has 2 heterocycles. The zero-order valence-corrected chi connectivity index (χ0v) is 9.52. The molecule has 0 spiro atoms. The van der Waals surface area contributed by atoms with Gasteiger partial charge in [-0.25, -0.2) is 0 Å². The number of aromatic nitrogens is 1. The van der Waals surface area contributed by atoms with Crippen LogP contribution in [0.2, 0.25) is 0 Å². The smallest absolute Gasteiger partial charge is 0.417 e. The van der Waals surface area contributed by atoms with Gasteiger partial charge in [0.05, 0.1) is 12.2 Å². The van der Waals surface area contributed by atoms with Gasteiger partial charge >= 0.3 is 6.18 Å². The second-order valence-corrected chi connectivity index (χ2v) is 4.10. The highest BCUT2D eigenvalue weighted by Crippen LogP contribution is 2.38. The maximum absolute atomic E-state index is 12.9. The molecular formula is C11H12F3NO2. The van der Waals surface area contributed by atoms with E-state index in [4.69, 9.17) is 4.74 Å². The summed E-state index contributed by atoms with van der Waals surface area (Å²) in [6.45, 7) is 1.56. The number of halogens is 3. The maximum atomic E-state index is 12.9. The van der Waals surface area contributed by atoms with Crippen molar-refractivity contribution in [1.29, 1.82) is 0 Å². The van der Waals surface area contributed by atoms with Crippen molar-refractivity contribution in [3.8, 4) is 5.88 Å². The summed E-state index contributed by atoms with van der Waals surface area (Å²) >= 11 is 0. The largest absolute Gasteiger partial charge is 0.479 e. The molecule has 6 heteroatoms. The molecule has 0 aromatic carbocycles. The minimum Gasteiger partial charge on any atom is -0.479 e. The zero-order chi connectivity index (χ0) is 12.8. The molecule has 17 heavy (non-hydrogen) atoms. The predicted molar refractivity (Wildman–Crippen MR) is 55.2 cm³/mol. The topological polar surface area (TPSA) is 31.2 Å². The Kier molecular flexibility index (Phi) is 2.67. The monoisotopic (exact) mass is 247 g/mol. The Balaban J connectivity index is 2.83. The Morgan fingerprint density at radius 3 is 2.59 bits per heavy atom. The second-order valence-electron chi connectivity index (χ2n) is 4.10. The fourth-order valence-electron chi connectivity index (χ4n) is 2.20. The van der Waals surface area contributed by atoms with Crippen molar-refractivity contribution in [2.45, 2.75) is 25.9 Å². The van der Waals surface area contributed by atoms with Crippen LogP contribution in [0.3, 0.4) is 0 Å². The molecule has 0 radical (unpaired) electrons. The Morgan fingerprint density at radius 1 is 1.35 bits per heavy atom. The van der Waals surface area contributed by atoms with E-state index in [1.54, 1.807) is 0 Å². The summed E-state index contributed by atoms with van der Waals surface area (Å²) in [5.41, 5.74) is -1.64. The molecule has 1 aromatic heterocycles. The maximum Gasteiger partial charge on any atom is 0.417 e. The van der Waals surface area contributed by atoms with Gasteiger partial charge in [0.15, 0.2) is 5.88 Å². The molecule has 1 aliphatic rings. The third-order valence-electron chi connectivity index (χ3n) is 2.96. The van der Waals surface area contributed by atoms with E-state index in [1.165, 1.54) is 14.0 Å². The molecule has 3 nitrogen and oxygen atoms in total. The molecule has 0 unspecified atom stereocenters. The summed E-state index contributed by atoms with van der Waals surface area (Å²) < 4.78 is 45.2. The molecule has 0 fully saturated rings. The van der Waals surface area contributed by atoms with Crippen molar-refractivity contribution in [3.05, 3.63) is 27.0 Å². The molecule has 0 saturated carbocycles. The number of fused-ring (bicyclic) bond motifs is 1. The van der Waals surface area contributed by atoms with Gasteiger partial charge in [-0.1, -0.05) is 0 Å². The number of alkyl halides is 3. The molecule has 0 aliphatic carbocycles. The van der Waals surface area contributed by atoms with Gasteiger partial charge in [0.25, 0.3) is 5.56 Å². The van der Waals surface area contributed by atoms with Crippen molar-refractivity contribution >= 4 is 0 Å². The number of nitrogens with zero attached hydrogens (tertiary/aromatic N) is 1. The molecule has 1 aliphatic heterocycles. The second kappa shape index (κ2) is 3.78. The lowest BCUT2D eigenvalue weighted by atomic mass is 9.98. The summed E-state index contributed by atoms with van der Waals surface area (Å²) in [4.78, 5) is 11.7. The van der Waals surface area contributed by atoms with E-state index >= 15 is 0 Å². The molecule has 0 atom stereocenters. The van der Waals surface area contributed by atoms with Crippen molar-refractivity contribution in [2.75, 3.05) is 6.61 Å². The molecule has 0 amide bonds. The fourth-order valence-corrected chi connectivity index (χ4v) is 2.20. The van der Waals surface area contributed by atoms with Crippen molar-refractivity contribution in [1.82, 2.24) is 4.57 Å². The Bertz CT molecular complexity index is 517. The summed E-state index contributed by atoms with van der Waals surface area (Å²) in [6.07, 6.45) is -3.69. The summed E-state index contributed by atoms with van der Waals surface area (Å²) in [7, 11) is 1.43. The summed E-state index contributed by atoms with van der Waals surface area (Å²) in [5.74, 6) is 0.0548. The normalized spacial score (nSPS) is 15.4. The lowest BCUT2D eigenvalue weighted by molar-refractivity contribution is -0.139. The first kappa shape index (κ1) is 12.0. The molecule has 2 rings (SSSR count). The SMILES string of the molecule is Cc1c(C(F)(F)F)c2c(n(C)c1=O)OCCC2. The predicted octanol–water partition coefficient (Wildman–Crippen LogP) is 2.04. The number of ether oxygens (including phenoxy) is 1. The molecule has 0 bridgehead atoms. The van der Waals surface area contributed by atoms with Crippen LogP contribution in [0.25, 0.3) is 0 Å². The summed E-state index contributed by atoms with van der Waals surface area (Å²) in [5, 5.41) is 0. The van der Waals surface area contributed by atoms with E-state index in [9.17, 15) is 18.0 Å². The number of hydrogen-bond acceptors (Lipinski definition) is 2. The zero-order valence-electron chi connectivity index (χ0n) is 9.52. The standard InChI is InChI=1S/C11H12F3NO2/c1-6-8(11(12,13)14)7-4-3-5-17-10(7)15(2)9(6)16/h3-5H2,1-2H3. The van der Waals surface area contributed by atoms with E-state index in [-0.39, 0.29) is 17.0 Å². The third kappa shape index (κ3) is 1.81. The first-order valence-electron chi connectivity index (χ1n) is 5.26. The molecule has 1 aromatic rings. The first-order chi connectivity index (χ1) is 7.84. The van der Waals surface area contributed by atoms with Crippen LogP contribution in [0.15, 0.2) is 4.79 Å². The third-order valence-corrected chi connectivity index (χ3v) is 2.96. The van der Waals surface area contributed by atoms with E-state index in [2.05, 4.69) is 0 Å². The minimum atomic E-state index is -4.51. The number of rotatable bonds is 0. The van der Waals surface area contributed by atoms with Gasteiger partial charge in [0.1, 0.15) is 0 Å². The number of hydrogen-bond donors (Lipinski definition) is 0. The van der Waals surface area contributed by atoms with E-state index in [0.29, 0.717) is 19.4 Å². The van der Waals surface area contributed by atoms with Gasteiger partial charge in [-0.15, -0.1) is 0 Å². The van der Waals surface area contributed by atoms with Gasteiger partial charge in [-0.3, -0.25) is 9.36 Å². The van der Waals surface area contributed by atoms with Crippen molar-refractivity contribution in [2.24, 2.45) is 7.05 Å². The highest BCUT2D eigenvalue weighted by atomic mass is 19.4. The lowest BCUT2D eigenvalue weighted by Gasteiger charge is -2.24. The minimum absolute atomic E-state index is 0.0548. The Morgan fingerprint density at radius 2 is 2.00 bits per heavy atom. The Labute approximate surface area is 95.8 Å². The Hall–Kier alpha value is -1.46. The quantitative estimate of drug-likeness (QED) is 0.702. The summed E-state index contributed by atoms with van der Waals surface area (Å²) in [6, 6.07) is 0. The van der Waals surface area contributed by atoms with Crippen LogP contribution in [0, 0.1) is 6.92 Å². The van der Waals surface area contributed by atoms with Crippen LogP contribution in [0.1, 0.15) is 23.1 Å².